The van der Waals surface area contributed by atoms with Gasteiger partial charge < -0.3 is 14.8 Å². The summed E-state index contributed by atoms with van der Waals surface area (Å²) >= 11 is 0. The van der Waals surface area contributed by atoms with Crippen LogP contribution in [0.2, 0.25) is 0 Å². The summed E-state index contributed by atoms with van der Waals surface area (Å²) in [5.41, 5.74) is 1.25. The maximum atomic E-state index is 12.5. The maximum Gasteiger partial charge on any atom is 0.573 e. The number of anilines is 1. The third-order valence-electron chi connectivity index (χ3n) is 3.73. The molecule has 2 aromatic carbocycles. The lowest BCUT2D eigenvalue weighted by molar-refractivity contribution is -0.274. The van der Waals surface area contributed by atoms with Crippen molar-refractivity contribution in [2.24, 2.45) is 0 Å². The normalized spacial score (nSPS) is 11.2. The second-order valence-corrected chi connectivity index (χ2v) is 5.67. The zero-order chi connectivity index (χ0) is 20.3. The first-order valence-corrected chi connectivity index (χ1v) is 8.01. The summed E-state index contributed by atoms with van der Waals surface area (Å²) in [5.74, 6) is -0.447. The van der Waals surface area contributed by atoms with Crippen LogP contribution in [0.5, 0.6) is 11.5 Å². The summed E-state index contributed by atoms with van der Waals surface area (Å²) in [5, 5.41) is 10.3. The summed E-state index contributed by atoms with van der Waals surface area (Å²) in [4.78, 5) is 12.5. The zero-order valence-corrected chi connectivity index (χ0v) is 14.8. The highest BCUT2D eigenvalue weighted by atomic mass is 19.4. The van der Waals surface area contributed by atoms with Gasteiger partial charge in [-0.3, -0.25) is 4.79 Å². The number of carbonyl (C=O) groups excluding carboxylic acids is 1. The van der Waals surface area contributed by atoms with Gasteiger partial charge in [0.2, 0.25) is 0 Å². The smallest absolute Gasteiger partial charge is 0.497 e. The molecule has 0 aliphatic rings. The van der Waals surface area contributed by atoms with Crippen LogP contribution in [0.1, 0.15) is 16.2 Å². The number of benzene rings is 2. The van der Waals surface area contributed by atoms with E-state index in [0.717, 1.165) is 12.1 Å². The van der Waals surface area contributed by atoms with Gasteiger partial charge in [0.25, 0.3) is 5.91 Å². The van der Waals surface area contributed by atoms with Crippen LogP contribution in [0.15, 0.2) is 48.5 Å². The lowest BCUT2D eigenvalue weighted by Gasteiger charge is -2.10. The van der Waals surface area contributed by atoms with Gasteiger partial charge in [0.15, 0.2) is 5.69 Å². The number of hydrogen-bond acceptors (Lipinski definition) is 5. The van der Waals surface area contributed by atoms with E-state index in [9.17, 15) is 18.0 Å². The largest absolute Gasteiger partial charge is 0.573 e. The van der Waals surface area contributed by atoms with Crippen LogP contribution < -0.4 is 14.8 Å². The fourth-order valence-corrected chi connectivity index (χ4v) is 2.49. The van der Waals surface area contributed by atoms with Crippen molar-refractivity contribution in [1.29, 1.82) is 0 Å². The van der Waals surface area contributed by atoms with E-state index in [1.54, 1.807) is 31.2 Å². The van der Waals surface area contributed by atoms with Gasteiger partial charge in [-0.1, -0.05) is 17.3 Å². The standard InChI is InChI=1S/C18H15F3N4O3/c1-11-16(23-24-25(11)13-6-4-7-14(10-13)27-2)17(26)22-12-5-3-8-15(9-12)28-18(19,20)21/h3-10H,1-2H3,(H,22,26). The van der Waals surface area contributed by atoms with E-state index in [-0.39, 0.29) is 11.4 Å². The monoisotopic (exact) mass is 392 g/mol. The Morgan fingerprint density at radius 1 is 1.11 bits per heavy atom. The number of rotatable bonds is 5. The highest BCUT2D eigenvalue weighted by Gasteiger charge is 2.31. The predicted molar refractivity (Wildman–Crippen MR) is 93.7 cm³/mol. The van der Waals surface area contributed by atoms with Crippen LogP contribution in [0, 0.1) is 6.92 Å². The van der Waals surface area contributed by atoms with Gasteiger partial charge in [0.05, 0.1) is 18.5 Å². The van der Waals surface area contributed by atoms with Gasteiger partial charge in [-0.15, -0.1) is 18.3 Å². The fourth-order valence-electron chi connectivity index (χ4n) is 2.49. The van der Waals surface area contributed by atoms with Crippen LogP contribution in [-0.4, -0.2) is 34.4 Å². The van der Waals surface area contributed by atoms with Crippen LogP contribution >= 0.6 is 0 Å². The van der Waals surface area contributed by atoms with Gasteiger partial charge in [-0.05, 0) is 31.2 Å². The number of aromatic nitrogens is 3. The Morgan fingerprint density at radius 2 is 1.82 bits per heavy atom. The van der Waals surface area contributed by atoms with Gasteiger partial charge in [0, 0.05) is 17.8 Å². The molecule has 3 rings (SSSR count). The van der Waals surface area contributed by atoms with Crippen molar-refractivity contribution in [2.45, 2.75) is 13.3 Å². The Labute approximate surface area is 157 Å². The third-order valence-corrected chi connectivity index (χ3v) is 3.73. The topological polar surface area (TPSA) is 78.3 Å². The van der Waals surface area contributed by atoms with E-state index in [2.05, 4.69) is 20.4 Å². The Hall–Kier alpha value is -3.56. The lowest BCUT2D eigenvalue weighted by Crippen LogP contribution is -2.18. The molecule has 3 aromatic rings. The average Bonchev–Trinajstić information content (AvgIpc) is 3.02. The second kappa shape index (κ2) is 7.59. The van der Waals surface area contributed by atoms with Crippen LogP contribution in [0.3, 0.4) is 0 Å². The van der Waals surface area contributed by atoms with E-state index in [1.807, 2.05) is 0 Å². The fraction of sp³-hybridized carbons (Fsp3) is 0.167. The van der Waals surface area contributed by atoms with Crippen molar-refractivity contribution in [1.82, 2.24) is 15.0 Å². The number of amides is 1. The summed E-state index contributed by atoms with van der Waals surface area (Å²) in [6, 6.07) is 12.0. The molecule has 0 aliphatic carbocycles. The summed E-state index contributed by atoms with van der Waals surface area (Å²) in [7, 11) is 1.53. The minimum atomic E-state index is -4.82. The molecule has 1 amide bonds. The van der Waals surface area contributed by atoms with Crippen LogP contribution in [0.25, 0.3) is 5.69 Å². The molecule has 0 aliphatic heterocycles. The number of methoxy groups -OCH3 is 1. The van der Waals surface area contributed by atoms with Crippen molar-refractivity contribution in [3.63, 3.8) is 0 Å². The second-order valence-electron chi connectivity index (χ2n) is 5.67. The van der Waals surface area contributed by atoms with Crippen molar-refractivity contribution < 1.29 is 27.4 Å². The molecule has 28 heavy (non-hydrogen) atoms. The molecule has 0 radical (unpaired) electrons. The van der Waals surface area contributed by atoms with E-state index in [0.29, 0.717) is 17.1 Å². The van der Waals surface area contributed by atoms with E-state index >= 15 is 0 Å². The summed E-state index contributed by atoms with van der Waals surface area (Å²) in [6.07, 6.45) is -4.82. The number of nitrogens with zero attached hydrogens (tertiary/aromatic N) is 3. The zero-order valence-electron chi connectivity index (χ0n) is 14.8. The summed E-state index contributed by atoms with van der Waals surface area (Å²) < 4.78 is 47.5. The SMILES string of the molecule is COc1cccc(-n2nnc(C(=O)Nc3cccc(OC(F)(F)F)c3)c2C)c1. The highest BCUT2D eigenvalue weighted by Crippen LogP contribution is 2.25. The molecule has 0 fully saturated rings. The molecule has 1 aromatic heterocycles. The quantitative estimate of drug-likeness (QED) is 0.716. The Balaban J connectivity index is 1.81. The van der Waals surface area contributed by atoms with E-state index in [4.69, 9.17) is 4.74 Å². The Morgan fingerprint density at radius 3 is 2.54 bits per heavy atom. The number of alkyl halides is 3. The molecular formula is C18H15F3N4O3. The first-order valence-electron chi connectivity index (χ1n) is 8.01. The van der Waals surface area contributed by atoms with Gasteiger partial charge >= 0.3 is 6.36 Å². The molecule has 7 nitrogen and oxygen atoms in total. The molecule has 1 N–H and O–H groups in total. The summed E-state index contributed by atoms with van der Waals surface area (Å²) in [6.45, 7) is 1.65. The molecule has 0 saturated heterocycles. The lowest BCUT2D eigenvalue weighted by atomic mass is 10.2. The molecule has 146 valence electrons. The van der Waals surface area contributed by atoms with Gasteiger partial charge in [-0.25, -0.2) is 4.68 Å². The van der Waals surface area contributed by atoms with Crippen molar-refractivity contribution in [3.05, 3.63) is 59.9 Å². The number of carbonyl (C=O) groups is 1. The first kappa shape index (κ1) is 19.2. The average molecular weight is 392 g/mol. The van der Waals surface area contributed by atoms with Crippen molar-refractivity contribution >= 4 is 11.6 Å². The van der Waals surface area contributed by atoms with Crippen molar-refractivity contribution in [2.75, 3.05) is 12.4 Å². The molecule has 0 atom stereocenters. The maximum absolute atomic E-state index is 12.5. The molecule has 0 spiro atoms. The Kier molecular flexibility index (Phi) is 5.21. The van der Waals surface area contributed by atoms with E-state index in [1.165, 1.54) is 23.9 Å². The van der Waals surface area contributed by atoms with Crippen molar-refractivity contribution in [3.8, 4) is 17.2 Å². The molecular weight excluding hydrogens is 377 g/mol. The first-order chi connectivity index (χ1) is 13.3. The van der Waals surface area contributed by atoms with E-state index < -0.39 is 18.0 Å². The number of halogens is 3. The van der Waals surface area contributed by atoms with Crippen LogP contribution in [-0.2, 0) is 0 Å². The predicted octanol–water partition coefficient (Wildman–Crippen LogP) is 3.74. The van der Waals surface area contributed by atoms with Gasteiger partial charge in [0.1, 0.15) is 11.5 Å². The third kappa shape index (κ3) is 4.40. The minimum Gasteiger partial charge on any atom is -0.497 e. The molecule has 0 unspecified atom stereocenters. The molecule has 10 heteroatoms. The molecule has 1 heterocycles. The number of ether oxygens (including phenoxy) is 2. The van der Waals surface area contributed by atoms with Crippen LogP contribution in [0.4, 0.5) is 18.9 Å². The van der Waals surface area contributed by atoms with Gasteiger partial charge in [-0.2, -0.15) is 0 Å². The number of nitrogens with one attached hydrogen (secondary N) is 1. The molecule has 0 bridgehead atoms. The molecule has 0 saturated carbocycles. The number of hydrogen-bond donors (Lipinski definition) is 1. The Bertz CT molecular complexity index is 1000. The highest BCUT2D eigenvalue weighted by molar-refractivity contribution is 6.03. The minimum absolute atomic E-state index is 0.0324.